The first-order valence-corrected chi connectivity index (χ1v) is 9.97. The Balaban J connectivity index is 1.94. The number of carbonyl (C=O) groups excluding carboxylic acids is 1. The Kier molecular flexibility index (Phi) is 6.16. The minimum Gasteiger partial charge on any atom is -0.354 e. The molecule has 1 heterocycles. The molecule has 0 saturated heterocycles. The van der Waals surface area contributed by atoms with E-state index in [1.165, 1.54) is 6.07 Å². The maximum Gasteiger partial charge on any atom is 0.251 e. The summed E-state index contributed by atoms with van der Waals surface area (Å²) in [5.74, 6) is -0.401. The molecule has 3 aromatic rings. The molecule has 2 aromatic carbocycles. The molecular weight excluding hydrogens is 367 g/mol. The van der Waals surface area contributed by atoms with Gasteiger partial charge in [-0.3, -0.25) is 9.59 Å². The minimum absolute atomic E-state index is 0.0595. The number of aromatic nitrogens is 1. The molecule has 0 aliphatic carbocycles. The van der Waals surface area contributed by atoms with E-state index in [1.54, 1.807) is 18.2 Å². The maximum absolute atomic E-state index is 14.1. The van der Waals surface area contributed by atoms with Crippen LogP contribution < -0.4 is 10.9 Å². The highest BCUT2D eigenvalue weighted by Gasteiger charge is 2.23. The van der Waals surface area contributed by atoms with Crippen LogP contribution in [0.3, 0.4) is 0 Å². The van der Waals surface area contributed by atoms with Crippen molar-refractivity contribution in [3.8, 4) is 11.3 Å². The number of amides is 1. The fourth-order valence-corrected chi connectivity index (χ4v) is 3.63. The van der Waals surface area contributed by atoms with Gasteiger partial charge in [0.25, 0.3) is 5.56 Å². The van der Waals surface area contributed by atoms with Gasteiger partial charge in [0.15, 0.2) is 0 Å². The molecule has 1 aromatic heterocycles. The zero-order valence-electron chi connectivity index (χ0n) is 17.3. The summed E-state index contributed by atoms with van der Waals surface area (Å²) < 4.78 is 14.1. The lowest BCUT2D eigenvalue weighted by molar-refractivity contribution is -0.122. The van der Waals surface area contributed by atoms with Crippen LogP contribution in [0.25, 0.3) is 22.0 Å². The molecule has 152 valence electrons. The number of rotatable bonds is 6. The number of carbonyl (C=O) groups is 1. The van der Waals surface area contributed by atoms with Gasteiger partial charge >= 0.3 is 0 Å². The third kappa shape index (κ3) is 4.73. The number of benzene rings is 2. The van der Waals surface area contributed by atoms with E-state index in [0.717, 1.165) is 10.9 Å². The van der Waals surface area contributed by atoms with Crippen LogP contribution >= 0.6 is 0 Å². The highest BCUT2D eigenvalue weighted by molar-refractivity contribution is 5.87. The van der Waals surface area contributed by atoms with Gasteiger partial charge in [-0.05, 0) is 48.9 Å². The first-order valence-electron chi connectivity index (χ1n) is 9.97. The average molecular weight is 394 g/mol. The summed E-state index contributed by atoms with van der Waals surface area (Å²) in [6, 6.07) is 14.1. The van der Waals surface area contributed by atoms with Gasteiger partial charge in [-0.2, -0.15) is 0 Å². The quantitative estimate of drug-likeness (QED) is 0.619. The lowest BCUT2D eigenvalue weighted by atomic mass is 9.86. The summed E-state index contributed by atoms with van der Waals surface area (Å²) in [7, 11) is 0. The average Bonchev–Trinajstić information content (AvgIpc) is 2.66. The van der Waals surface area contributed by atoms with Crippen molar-refractivity contribution in [1.29, 1.82) is 0 Å². The standard InChI is InChI=1S/C24H27FN2O2/c1-14(2)19(13-23(28)26-15(3)4)18-10-11-22(27-24(18)29)17-9-8-16-6-5-7-21(25)20(16)12-17/h5-12,14-15,19H,13H2,1-4H3,(H,26,28)(H,27,29). The molecule has 0 aliphatic rings. The molecule has 3 rings (SSSR count). The third-order valence-corrected chi connectivity index (χ3v) is 5.14. The fraction of sp³-hybridized carbons (Fsp3) is 0.333. The molecule has 4 nitrogen and oxygen atoms in total. The highest BCUT2D eigenvalue weighted by Crippen LogP contribution is 2.28. The van der Waals surface area contributed by atoms with Crippen molar-refractivity contribution < 1.29 is 9.18 Å². The number of halogens is 1. The summed E-state index contributed by atoms with van der Waals surface area (Å²) in [6.07, 6.45) is 0.263. The summed E-state index contributed by atoms with van der Waals surface area (Å²) in [5, 5.41) is 4.21. The van der Waals surface area contributed by atoms with Crippen molar-refractivity contribution in [3.63, 3.8) is 0 Å². The first kappa shape index (κ1) is 20.8. The van der Waals surface area contributed by atoms with Crippen molar-refractivity contribution in [2.24, 2.45) is 5.92 Å². The monoisotopic (exact) mass is 394 g/mol. The van der Waals surface area contributed by atoms with Crippen molar-refractivity contribution in [3.05, 3.63) is 70.3 Å². The van der Waals surface area contributed by atoms with Crippen molar-refractivity contribution in [2.45, 2.75) is 46.1 Å². The summed E-state index contributed by atoms with van der Waals surface area (Å²) >= 11 is 0. The van der Waals surface area contributed by atoms with E-state index in [-0.39, 0.29) is 41.6 Å². The molecule has 5 heteroatoms. The van der Waals surface area contributed by atoms with Crippen LogP contribution in [0.1, 0.15) is 45.6 Å². The van der Waals surface area contributed by atoms with Gasteiger partial charge in [0.05, 0.1) is 0 Å². The molecule has 0 saturated carbocycles. The first-order chi connectivity index (χ1) is 13.8. The second kappa shape index (κ2) is 8.60. The van der Waals surface area contributed by atoms with E-state index in [4.69, 9.17) is 0 Å². The lowest BCUT2D eigenvalue weighted by Crippen LogP contribution is -2.33. The molecule has 1 amide bonds. The SMILES string of the molecule is CC(C)NC(=O)CC(c1ccc(-c2ccc3cccc(F)c3c2)[nH]c1=O)C(C)C. The minimum atomic E-state index is -0.292. The molecule has 1 atom stereocenters. The van der Waals surface area contributed by atoms with Crippen molar-refractivity contribution >= 4 is 16.7 Å². The van der Waals surface area contributed by atoms with Crippen LogP contribution in [-0.4, -0.2) is 16.9 Å². The molecule has 0 spiro atoms. The van der Waals surface area contributed by atoms with Gasteiger partial charge < -0.3 is 10.3 Å². The van der Waals surface area contributed by atoms with Crippen LogP contribution in [0, 0.1) is 11.7 Å². The van der Waals surface area contributed by atoms with E-state index in [1.807, 2.05) is 52.0 Å². The number of fused-ring (bicyclic) bond motifs is 1. The largest absolute Gasteiger partial charge is 0.354 e. The second-order valence-electron chi connectivity index (χ2n) is 8.11. The Hall–Kier alpha value is -2.95. The smallest absolute Gasteiger partial charge is 0.251 e. The maximum atomic E-state index is 14.1. The van der Waals surface area contributed by atoms with E-state index < -0.39 is 0 Å². The van der Waals surface area contributed by atoms with Gasteiger partial charge in [-0.25, -0.2) is 4.39 Å². The number of H-pyrrole nitrogens is 1. The zero-order chi connectivity index (χ0) is 21.1. The number of nitrogens with one attached hydrogen (secondary N) is 2. The fourth-order valence-electron chi connectivity index (χ4n) is 3.63. The second-order valence-corrected chi connectivity index (χ2v) is 8.11. The lowest BCUT2D eigenvalue weighted by Gasteiger charge is -2.21. The molecule has 0 bridgehead atoms. The van der Waals surface area contributed by atoms with Gasteiger partial charge in [-0.1, -0.05) is 44.2 Å². The number of pyridine rings is 1. The van der Waals surface area contributed by atoms with Gasteiger partial charge in [0, 0.05) is 35.0 Å². The Morgan fingerprint density at radius 3 is 2.48 bits per heavy atom. The topological polar surface area (TPSA) is 62.0 Å². The Morgan fingerprint density at radius 1 is 1.07 bits per heavy atom. The summed E-state index contributed by atoms with van der Waals surface area (Å²) in [5.41, 5.74) is 1.74. The molecule has 29 heavy (non-hydrogen) atoms. The predicted molar refractivity (Wildman–Crippen MR) is 115 cm³/mol. The molecule has 0 radical (unpaired) electrons. The van der Waals surface area contributed by atoms with Crippen LogP contribution in [0.4, 0.5) is 4.39 Å². The molecule has 0 aliphatic heterocycles. The van der Waals surface area contributed by atoms with Gasteiger partial charge in [0.1, 0.15) is 5.82 Å². The molecule has 2 N–H and O–H groups in total. The molecular formula is C24H27FN2O2. The summed E-state index contributed by atoms with van der Waals surface area (Å²) in [6.45, 7) is 7.84. The highest BCUT2D eigenvalue weighted by atomic mass is 19.1. The zero-order valence-corrected chi connectivity index (χ0v) is 17.3. The number of hydrogen-bond acceptors (Lipinski definition) is 2. The van der Waals surface area contributed by atoms with Gasteiger partial charge in [0.2, 0.25) is 5.91 Å². The predicted octanol–water partition coefficient (Wildman–Crippen LogP) is 4.99. The number of aromatic amines is 1. The van der Waals surface area contributed by atoms with E-state index >= 15 is 0 Å². The molecule has 1 unspecified atom stereocenters. The van der Waals surface area contributed by atoms with Crippen LogP contribution in [0.15, 0.2) is 53.3 Å². The Bertz CT molecular complexity index is 1090. The Labute approximate surface area is 170 Å². The Morgan fingerprint density at radius 2 is 1.83 bits per heavy atom. The summed E-state index contributed by atoms with van der Waals surface area (Å²) in [4.78, 5) is 28.0. The number of hydrogen-bond donors (Lipinski definition) is 2. The van der Waals surface area contributed by atoms with Crippen molar-refractivity contribution in [1.82, 2.24) is 10.3 Å². The van der Waals surface area contributed by atoms with E-state index in [9.17, 15) is 14.0 Å². The van der Waals surface area contributed by atoms with Crippen molar-refractivity contribution in [2.75, 3.05) is 0 Å². The van der Waals surface area contributed by atoms with Crippen LogP contribution in [0.2, 0.25) is 0 Å². The normalized spacial score (nSPS) is 12.5. The van der Waals surface area contributed by atoms with E-state index in [0.29, 0.717) is 16.6 Å². The van der Waals surface area contributed by atoms with Crippen LogP contribution in [0.5, 0.6) is 0 Å². The van der Waals surface area contributed by atoms with Crippen LogP contribution in [-0.2, 0) is 4.79 Å². The van der Waals surface area contributed by atoms with Gasteiger partial charge in [-0.15, -0.1) is 0 Å². The third-order valence-electron chi connectivity index (χ3n) is 5.14. The van der Waals surface area contributed by atoms with E-state index in [2.05, 4.69) is 10.3 Å². The molecule has 0 fully saturated rings.